The van der Waals surface area contributed by atoms with Gasteiger partial charge in [0.2, 0.25) is 21.4 Å². The highest BCUT2D eigenvalue weighted by Crippen LogP contribution is 2.30. The fraction of sp³-hybridized carbons (Fsp3) is 0. The zero-order valence-electron chi connectivity index (χ0n) is 12.2. The number of sulfone groups is 1. The van der Waals surface area contributed by atoms with E-state index in [1.807, 2.05) is 0 Å². The molecule has 8 nitrogen and oxygen atoms in total. The molecule has 3 aromatic rings. The van der Waals surface area contributed by atoms with Crippen molar-refractivity contribution in [2.75, 3.05) is 0 Å². The largest absolute Gasteiger partial charge is 0.507 e. The molecule has 0 radical (unpaired) electrons. The third-order valence-corrected chi connectivity index (χ3v) is 6.55. The summed E-state index contributed by atoms with van der Waals surface area (Å²) >= 11 is 6.69. The second-order valence-corrected chi connectivity index (χ2v) is 8.27. The van der Waals surface area contributed by atoms with E-state index in [2.05, 4.69) is 20.6 Å². The third-order valence-electron chi connectivity index (χ3n) is 3.09. The molecule has 25 heavy (non-hydrogen) atoms. The quantitative estimate of drug-likeness (QED) is 0.385. The van der Waals surface area contributed by atoms with Crippen molar-refractivity contribution in [3.05, 3.63) is 58.2 Å². The van der Waals surface area contributed by atoms with Gasteiger partial charge in [0.1, 0.15) is 9.97 Å². The minimum absolute atomic E-state index is 0.0248. The van der Waals surface area contributed by atoms with Gasteiger partial charge >= 0.3 is 0 Å². The number of nitrogens with zero attached hydrogens (tertiary/aromatic N) is 3. The second-order valence-electron chi connectivity index (χ2n) is 4.74. The van der Waals surface area contributed by atoms with Crippen LogP contribution in [0.1, 0.15) is 16.2 Å². The van der Waals surface area contributed by atoms with Crippen LogP contribution in [0.15, 0.2) is 50.9 Å². The van der Waals surface area contributed by atoms with Gasteiger partial charge in [-0.15, -0.1) is 21.5 Å². The summed E-state index contributed by atoms with van der Waals surface area (Å²) in [5.41, 5.74) is 0.189. The molecule has 0 saturated heterocycles. The summed E-state index contributed by atoms with van der Waals surface area (Å²) in [5.74, 6) is -1.28. The van der Waals surface area contributed by atoms with Crippen molar-refractivity contribution in [3.8, 4) is 0 Å². The standard InChI is InChI=1S/C14H9ClN4O4S2/c15-9-1-3-10(4-2-9)25(22,23)13-5-8(7-24-13)11(20)6-12(21)14-16-18-19-17-14/h1-7,20H,(H,16,17,18,19). The van der Waals surface area contributed by atoms with Crippen LogP contribution >= 0.6 is 22.9 Å². The van der Waals surface area contributed by atoms with Crippen LogP contribution in [-0.4, -0.2) is 39.9 Å². The van der Waals surface area contributed by atoms with Gasteiger partial charge in [0, 0.05) is 22.0 Å². The number of rotatable bonds is 5. The van der Waals surface area contributed by atoms with Crippen LogP contribution in [-0.2, 0) is 9.84 Å². The van der Waals surface area contributed by atoms with Crippen molar-refractivity contribution >= 4 is 44.3 Å². The topological polar surface area (TPSA) is 126 Å². The van der Waals surface area contributed by atoms with Crippen LogP contribution in [0.2, 0.25) is 5.02 Å². The molecule has 0 bridgehead atoms. The van der Waals surface area contributed by atoms with Crippen LogP contribution in [0.5, 0.6) is 0 Å². The zero-order valence-corrected chi connectivity index (χ0v) is 14.6. The number of aliphatic hydroxyl groups is 1. The number of H-pyrrole nitrogens is 1. The summed E-state index contributed by atoms with van der Waals surface area (Å²) in [5, 5.41) is 24.2. The van der Waals surface area contributed by atoms with Crippen LogP contribution in [0.25, 0.3) is 5.76 Å². The SMILES string of the molecule is O=C(C=C(O)c1csc(S(=O)(=O)c2ccc(Cl)cc2)c1)c1nn[nH]n1. The highest BCUT2D eigenvalue weighted by molar-refractivity contribution is 7.93. The molecule has 11 heteroatoms. The van der Waals surface area contributed by atoms with E-state index in [9.17, 15) is 18.3 Å². The minimum Gasteiger partial charge on any atom is -0.507 e. The number of carbonyl (C=O) groups excluding carboxylic acids is 1. The molecule has 2 aromatic heterocycles. The van der Waals surface area contributed by atoms with Gasteiger partial charge in [-0.25, -0.2) is 8.42 Å². The first-order valence-corrected chi connectivity index (χ1v) is 9.40. The van der Waals surface area contributed by atoms with Gasteiger partial charge in [-0.05, 0) is 35.5 Å². The molecular weight excluding hydrogens is 388 g/mol. The molecule has 0 fully saturated rings. The van der Waals surface area contributed by atoms with Crippen LogP contribution in [0, 0.1) is 0 Å². The van der Waals surface area contributed by atoms with Crippen molar-refractivity contribution in [1.29, 1.82) is 0 Å². The van der Waals surface area contributed by atoms with Gasteiger partial charge in [-0.1, -0.05) is 11.6 Å². The average molecular weight is 397 g/mol. The number of thiophene rings is 1. The highest BCUT2D eigenvalue weighted by Gasteiger charge is 2.21. The Bertz CT molecular complexity index is 1040. The van der Waals surface area contributed by atoms with E-state index < -0.39 is 21.4 Å². The zero-order chi connectivity index (χ0) is 18.0. The molecule has 0 atom stereocenters. The molecule has 0 unspecified atom stereocenters. The van der Waals surface area contributed by atoms with Gasteiger partial charge in [0.15, 0.2) is 0 Å². The Morgan fingerprint density at radius 1 is 1.28 bits per heavy atom. The lowest BCUT2D eigenvalue weighted by Crippen LogP contribution is -2.00. The fourth-order valence-corrected chi connectivity index (χ4v) is 4.56. The third kappa shape index (κ3) is 3.60. The van der Waals surface area contributed by atoms with E-state index in [4.69, 9.17) is 11.6 Å². The Balaban J connectivity index is 1.89. The molecule has 0 amide bonds. The van der Waals surface area contributed by atoms with Crippen molar-refractivity contribution in [2.45, 2.75) is 9.10 Å². The molecular formula is C14H9ClN4O4S2. The summed E-state index contributed by atoms with van der Waals surface area (Å²) in [6, 6.07) is 7.02. The smallest absolute Gasteiger partial charge is 0.244 e. The van der Waals surface area contributed by atoms with Crippen LogP contribution < -0.4 is 0 Å². The number of carbonyl (C=O) groups is 1. The number of allylic oxidation sites excluding steroid dienone is 1. The van der Waals surface area contributed by atoms with Crippen molar-refractivity contribution < 1.29 is 18.3 Å². The molecule has 0 saturated carbocycles. The first kappa shape index (κ1) is 17.3. The molecule has 0 aliphatic rings. The summed E-state index contributed by atoms with van der Waals surface area (Å²) in [6.45, 7) is 0. The number of aromatic nitrogens is 4. The molecule has 0 spiro atoms. The molecule has 2 N–H and O–H groups in total. The number of benzene rings is 1. The monoisotopic (exact) mass is 396 g/mol. The van der Waals surface area contributed by atoms with Gasteiger partial charge < -0.3 is 5.11 Å². The Kier molecular flexibility index (Phi) is 4.66. The number of ketones is 1. The summed E-state index contributed by atoms with van der Waals surface area (Å²) in [6.07, 6.45) is 0.894. The number of tetrazole rings is 1. The number of hydrogen-bond acceptors (Lipinski definition) is 8. The minimum atomic E-state index is -3.74. The lowest BCUT2D eigenvalue weighted by molar-refractivity contribution is 0.103. The first-order chi connectivity index (χ1) is 11.9. The molecule has 1 aromatic carbocycles. The van der Waals surface area contributed by atoms with E-state index in [-0.39, 0.29) is 20.5 Å². The van der Waals surface area contributed by atoms with Crippen LogP contribution in [0.3, 0.4) is 0 Å². The maximum atomic E-state index is 12.6. The van der Waals surface area contributed by atoms with E-state index >= 15 is 0 Å². The predicted molar refractivity (Wildman–Crippen MR) is 90.3 cm³/mol. The number of nitrogens with one attached hydrogen (secondary N) is 1. The van der Waals surface area contributed by atoms with E-state index in [1.165, 1.54) is 35.7 Å². The van der Waals surface area contributed by atoms with E-state index in [0.717, 1.165) is 17.4 Å². The summed E-state index contributed by atoms with van der Waals surface area (Å²) < 4.78 is 25.1. The Morgan fingerprint density at radius 2 is 2.00 bits per heavy atom. The molecule has 0 aliphatic heterocycles. The van der Waals surface area contributed by atoms with Crippen LogP contribution in [0.4, 0.5) is 0 Å². The van der Waals surface area contributed by atoms with E-state index in [1.54, 1.807) is 0 Å². The number of aliphatic hydroxyl groups excluding tert-OH is 1. The highest BCUT2D eigenvalue weighted by atomic mass is 35.5. The summed E-state index contributed by atoms with van der Waals surface area (Å²) in [4.78, 5) is 11.9. The normalized spacial score (nSPS) is 12.3. The molecule has 2 heterocycles. The fourth-order valence-electron chi connectivity index (χ4n) is 1.86. The predicted octanol–water partition coefficient (Wildman–Crippen LogP) is 2.53. The molecule has 3 rings (SSSR count). The van der Waals surface area contributed by atoms with Crippen molar-refractivity contribution in [1.82, 2.24) is 20.6 Å². The maximum absolute atomic E-state index is 12.6. The lowest BCUT2D eigenvalue weighted by atomic mass is 10.2. The number of halogens is 1. The van der Waals surface area contributed by atoms with Gasteiger partial charge in [-0.3, -0.25) is 4.79 Å². The Hall–Kier alpha value is -2.56. The second kappa shape index (κ2) is 6.75. The first-order valence-electron chi connectivity index (χ1n) is 6.66. The average Bonchev–Trinajstić information content (AvgIpc) is 3.27. The van der Waals surface area contributed by atoms with Crippen molar-refractivity contribution in [2.24, 2.45) is 0 Å². The number of aromatic amines is 1. The van der Waals surface area contributed by atoms with Gasteiger partial charge in [0.05, 0.1) is 4.90 Å². The maximum Gasteiger partial charge on any atom is 0.244 e. The number of hydrogen-bond donors (Lipinski definition) is 2. The van der Waals surface area contributed by atoms with Crippen molar-refractivity contribution in [3.63, 3.8) is 0 Å². The van der Waals surface area contributed by atoms with Gasteiger partial charge in [0.25, 0.3) is 0 Å². The molecule has 0 aliphatic carbocycles. The Labute approximate surface area is 150 Å². The van der Waals surface area contributed by atoms with Gasteiger partial charge in [-0.2, -0.15) is 5.21 Å². The lowest BCUT2D eigenvalue weighted by Gasteiger charge is -2.01. The molecule has 128 valence electrons. The Morgan fingerprint density at radius 3 is 2.64 bits per heavy atom. The van der Waals surface area contributed by atoms with E-state index in [0.29, 0.717) is 5.02 Å². The summed E-state index contributed by atoms with van der Waals surface area (Å²) in [7, 11) is -3.74.